The molecule has 1 fully saturated rings. The van der Waals surface area contributed by atoms with Crippen LogP contribution in [-0.2, 0) is 4.74 Å². The van der Waals surface area contributed by atoms with E-state index in [1.165, 1.54) is 0 Å². The molecule has 3 rings (SSSR count). The maximum atomic E-state index is 12.5. The average Bonchev–Trinajstić information content (AvgIpc) is 2.46. The van der Waals surface area contributed by atoms with Crippen LogP contribution in [0.4, 0.5) is 0 Å². The van der Waals surface area contributed by atoms with Crippen molar-refractivity contribution in [3.63, 3.8) is 0 Å². The van der Waals surface area contributed by atoms with Crippen LogP contribution >= 0.6 is 0 Å². The molecule has 0 aromatic heterocycles. The molecule has 0 spiro atoms. The second-order valence-electron chi connectivity index (χ2n) is 5.15. The van der Waals surface area contributed by atoms with Crippen LogP contribution in [0.15, 0.2) is 36.4 Å². The summed E-state index contributed by atoms with van der Waals surface area (Å²) in [6.07, 6.45) is 0.0373. The van der Waals surface area contributed by atoms with E-state index in [1.54, 1.807) is 17.0 Å². The van der Waals surface area contributed by atoms with Crippen LogP contribution in [0.5, 0.6) is 5.75 Å². The Hall–Kier alpha value is -2.07. The predicted molar refractivity (Wildman–Crippen MR) is 76.9 cm³/mol. The van der Waals surface area contributed by atoms with Gasteiger partial charge in [0.15, 0.2) is 0 Å². The lowest BCUT2D eigenvalue weighted by Gasteiger charge is -2.31. The molecule has 4 nitrogen and oxygen atoms in total. The molecule has 1 atom stereocenters. The molecule has 1 saturated heterocycles. The van der Waals surface area contributed by atoms with Gasteiger partial charge in [-0.2, -0.15) is 0 Å². The van der Waals surface area contributed by atoms with E-state index in [0.29, 0.717) is 25.3 Å². The van der Waals surface area contributed by atoms with Gasteiger partial charge < -0.3 is 14.7 Å². The Morgan fingerprint density at radius 2 is 2.00 bits per heavy atom. The SMILES string of the molecule is CC1CN(C(=O)c2cc3ccccc3cc2O)CCO1. The van der Waals surface area contributed by atoms with E-state index in [2.05, 4.69) is 0 Å². The van der Waals surface area contributed by atoms with Crippen molar-refractivity contribution in [3.05, 3.63) is 42.0 Å². The molecule has 0 radical (unpaired) electrons. The van der Waals surface area contributed by atoms with Gasteiger partial charge in [0.25, 0.3) is 5.91 Å². The fourth-order valence-corrected chi connectivity index (χ4v) is 2.57. The Labute approximate surface area is 117 Å². The minimum atomic E-state index is -0.136. The van der Waals surface area contributed by atoms with Gasteiger partial charge in [0.2, 0.25) is 0 Å². The van der Waals surface area contributed by atoms with Gasteiger partial charge in [-0.3, -0.25) is 4.79 Å². The number of aromatic hydroxyl groups is 1. The van der Waals surface area contributed by atoms with Gasteiger partial charge in [-0.15, -0.1) is 0 Å². The normalized spacial score (nSPS) is 19.2. The summed E-state index contributed by atoms with van der Waals surface area (Å²) in [5.74, 6) is -0.101. The second kappa shape index (κ2) is 5.13. The van der Waals surface area contributed by atoms with E-state index < -0.39 is 0 Å². The van der Waals surface area contributed by atoms with Gasteiger partial charge in [-0.05, 0) is 29.8 Å². The smallest absolute Gasteiger partial charge is 0.257 e. The number of nitrogens with zero attached hydrogens (tertiary/aromatic N) is 1. The molecule has 104 valence electrons. The highest BCUT2D eigenvalue weighted by Crippen LogP contribution is 2.26. The van der Waals surface area contributed by atoms with Crippen LogP contribution in [0.3, 0.4) is 0 Å². The standard InChI is InChI=1S/C16H17NO3/c1-11-10-17(6-7-20-11)16(19)14-8-12-4-2-3-5-13(12)9-15(14)18/h2-5,8-9,11,18H,6-7,10H2,1H3. The van der Waals surface area contributed by atoms with Crippen LogP contribution < -0.4 is 0 Å². The monoisotopic (exact) mass is 271 g/mol. The van der Waals surface area contributed by atoms with E-state index in [1.807, 2.05) is 31.2 Å². The third kappa shape index (κ3) is 2.34. The Morgan fingerprint density at radius 1 is 1.30 bits per heavy atom. The van der Waals surface area contributed by atoms with Gasteiger partial charge in [0.05, 0.1) is 18.3 Å². The Bertz CT molecular complexity index is 653. The molecular weight excluding hydrogens is 254 g/mol. The minimum Gasteiger partial charge on any atom is -0.507 e. The van der Waals surface area contributed by atoms with Crippen molar-refractivity contribution in [2.75, 3.05) is 19.7 Å². The molecule has 4 heteroatoms. The van der Waals surface area contributed by atoms with Gasteiger partial charge in [-0.25, -0.2) is 0 Å². The molecule has 1 aliphatic heterocycles. The number of carbonyl (C=O) groups is 1. The summed E-state index contributed by atoms with van der Waals surface area (Å²) in [4.78, 5) is 14.3. The van der Waals surface area contributed by atoms with Crippen LogP contribution in [0.2, 0.25) is 0 Å². The molecular formula is C16H17NO3. The quantitative estimate of drug-likeness (QED) is 0.866. The first-order valence-electron chi connectivity index (χ1n) is 6.78. The third-order valence-corrected chi connectivity index (χ3v) is 3.62. The first-order valence-corrected chi connectivity index (χ1v) is 6.78. The molecule has 1 aliphatic rings. The number of phenols is 1. The summed E-state index contributed by atoms with van der Waals surface area (Å²) in [6.45, 7) is 3.61. The zero-order chi connectivity index (χ0) is 14.1. The second-order valence-corrected chi connectivity index (χ2v) is 5.15. The maximum Gasteiger partial charge on any atom is 0.257 e. The molecule has 2 aromatic carbocycles. The number of hydrogen-bond donors (Lipinski definition) is 1. The zero-order valence-corrected chi connectivity index (χ0v) is 11.4. The highest BCUT2D eigenvalue weighted by Gasteiger charge is 2.24. The fourth-order valence-electron chi connectivity index (χ4n) is 2.57. The number of rotatable bonds is 1. The number of carbonyl (C=O) groups excluding carboxylic acids is 1. The topological polar surface area (TPSA) is 49.8 Å². The third-order valence-electron chi connectivity index (χ3n) is 3.62. The molecule has 1 N–H and O–H groups in total. The van der Waals surface area contributed by atoms with Gasteiger partial charge in [0.1, 0.15) is 5.75 Å². The summed E-state index contributed by atoms with van der Waals surface area (Å²) in [5, 5.41) is 12.0. The zero-order valence-electron chi connectivity index (χ0n) is 11.4. The molecule has 1 heterocycles. The molecule has 1 unspecified atom stereocenters. The van der Waals surface area contributed by atoms with Crippen molar-refractivity contribution >= 4 is 16.7 Å². The van der Waals surface area contributed by atoms with E-state index in [-0.39, 0.29) is 17.8 Å². The van der Waals surface area contributed by atoms with E-state index in [9.17, 15) is 9.90 Å². The molecule has 1 amide bonds. The summed E-state index contributed by atoms with van der Waals surface area (Å²) < 4.78 is 5.44. The number of phenolic OH excluding ortho intramolecular Hbond substituents is 1. The molecule has 0 saturated carbocycles. The van der Waals surface area contributed by atoms with Crippen molar-refractivity contribution in [2.24, 2.45) is 0 Å². The summed E-state index contributed by atoms with van der Waals surface area (Å²) in [6, 6.07) is 11.1. The van der Waals surface area contributed by atoms with Crippen LogP contribution in [0, 0.1) is 0 Å². The van der Waals surface area contributed by atoms with Gasteiger partial charge in [0, 0.05) is 13.1 Å². The van der Waals surface area contributed by atoms with Crippen LogP contribution in [-0.4, -0.2) is 41.7 Å². The highest BCUT2D eigenvalue weighted by molar-refractivity contribution is 6.01. The Kier molecular flexibility index (Phi) is 3.32. The van der Waals surface area contributed by atoms with Crippen LogP contribution in [0.25, 0.3) is 10.8 Å². The largest absolute Gasteiger partial charge is 0.507 e. The fraction of sp³-hybridized carbons (Fsp3) is 0.312. The first-order chi connectivity index (χ1) is 9.65. The number of amides is 1. The summed E-state index contributed by atoms with van der Waals surface area (Å²) in [5.41, 5.74) is 0.359. The molecule has 0 bridgehead atoms. The van der Waals surface area contributed by atoms with E-state index in [4.69, 9.17) is 4.74 Å². The van der Waals surface area contributed by atoms with Crippen molar-refractivity contribution in [3.8, 4) is 5.75 Å². The molecule has 2 aromatic rings. The van der Waals surface area contributed by atoms with Crippen molar-refractivity contribution in [1.29, 1.82) is 0 Å². The lowest BCUT2D eigenvalue weighted by atomic mass is 10.0. The number of fused-ring (bicyclic) bond motifs is 1. The number of ether oxygens (including phenoxy) is 1. The summed E-state index contributed by atoms with van der Waals surface area (Å²) >= 11 is 0. The lowest BCUT2D eigenvalue weighted by Crippen LogP contribution is -2.44. The van der Waals surface area contributed by atoms with Crippen molar-refractivity contribution in [2.45, 2.75) is 13.0 Å². The van der Waals surface area contributed by atoms with Crippen molar-refractivity contribution in [1.82, 2.24) is 4.90 Å². The minimum absolute atomic E-state index is 0.0350. The summed E-state index contributed by atoms with van der Waals surface area (Å²) in [7, 11) is 0. The van der Waals surface area contributed by atoms with Crippen molar-refractivity contribution < 1.29 is 14.6 Å². The van der Waals surface area contributed by atoms with E-state index in [0.717, 1.165) is 10.8 Å². The first kappa shape index (κ1) is 12.9. The number of morpholine rings is 1. The highest BCUT2D eigenvalue weighted by atomic mass is 16.5. The molecule has 20 heavy (non-hydrogen) atoms. The Morgan fingerprint density at radius 3 is 2.70 bits per heavy atom. The Balaban J connectivity index is 1.96. The number of benzene rings is 2. The maximum absolute atomic E-state index is 12.5. The lowest BCUT2D eigenvalue weighted by molar-refractivity contribution is -0.0125. The average molecular weight is 271 g/mol. The molecule has 0 aliphatic carbocycles. The predicted octanol–water partition coefficient (Wildman–Crippen LogP) is 2.41. The number of hydrogen-bond acceptors (Lipinski definition) is 3. The van der Waals surface area contributed by atoms with Crippen LogP contribution in [0.1, 0.15) is 17.3 Å². The van der Waals surface area contributed by atoms with Gasteiger partial charge >= 0.3 is 0 Å². The van der Waals surface area contributed by atoms with E-state index >= 15 is 0 Å². The van der Waals surface area contributed by atoms with Gasteiger partial charge in [-0.1, -0.05) is 24.3 Å².